The van der Waals surface area contributed by atoms with Gasteiger partial charge in [0.2, 0.25) is 0 Å². The van der Waals surface area contributed by atoms with Crippen molar-refractivity contribution in [2.75, 3.05) is 0 Å². The molecule has 1 spiro atoms. The molecule has 0 atom stereocenters. The maximum Gasteiger partial charge on any atom is 0.0296 e. The smallest absolute Gasteiger partial charge is 0.0296 e. The molecule has 0 saturated carbocycles. The monoisotopic (exact) mass is 762 g/mol. The second-order valence-corrected chi connectivity index (χ2v) is 18.0. The molecule has 0 aliphatic heterocycles. The normalized spacial score (nSPS) is 15.0. The highest BCUT2D eigenvalue weighted by Crippen LogP contribution is 2.58. The van der Waals surface area contributed by atoms with E-state index in [0.29, 0.717) is 0 Å². The van der Waals surface area contributed by atoms with Crippen LogP contribution in [0.15, 0.2) is 194 Å². The van der Waals surface area contributed by atoms with Crippen LogP contribution >= 0.6 is 0 Å². The molecule has 3 aliphatic rings. The summed E-state index contributed by atoms with van der Waals surface area (Å²) in [6, 6.07) is 73.9. The Morgan fingerprint density at radius 3 is 1.68 bits per heavy atom. The Labute approximate surface area is 351 Å². The van der Waals surface area contributed by atoms with Crippen molar-refractivity contribution in [3.8, 4) is 55.6 Å². The third-order valence-corrected chi connectivity index (χ3v) is 14.7. The summed E-state index contributed by atoms with van der Waals surface area (Å²) in [5, 5.41) is 7.69. The van der Waals surface area contributed by atoms with Gasteiger partial charge in [-0.15, -0.1) is 0 Å². The second kappa shape index (κ2) is 12.3. The summed E-state index contributed by atoms with van der Waals surface area (Å²) < 4.78 is 0. The van der Waals surface area contributed by atoms with Gasteiger partial charge in [-0.25, -0.2) is 0 Å². The van der Waals surface area contributed by atoms with Crippen LogP contribution in [0.2, 0.25) is 0 Å². The van der Waals surface area contributed by atoms with E-state index in [1.54, 1.807) is 0 Å². The predicted molar refractivity (Wildman–Crippen MR) is 253 cm³/mol. The molecule has 0 heteroatoms. The Morgan fingerprint density at radius 1 is 0.317 bits per heavy atom. The molecule has 0 saturated heterocycles. The lowest BCUT2D eigenvalue weighted by Crippen LogP contribution is -2.25. The van der Waals surface area contributed by atoms with Gasteiger partial charge in [-0.3, -0.25) is 0 Å². The number of benzene rings is 10. The topological polar surface area (TPSA) is 0 Å². The molecule has 0 heterocycles. The first-order valence-corrected chi connectivity index (χ1v) is 21.5. The van der Waals surface area contributed by atoms with Gasteiger partial charge >= 0.3 is 0 Å². The highest BCUT2D eigenvalue weighted by atomic mass is 14.5. The number of rotatable bonds is 3. The van der Waals surface area contributed by atoms with E-state index in [1.165, 1.54) is 121 Å². The first-order chi connectivity index (χ1) is 29.5. The number of hydrogen-bond acceptors (Lipinski definition) is 0. The molecular formula is C60H42. The molecule has 0 fully saturated rings. The third-order valence-electron chi connectivity index (χ3n) is 14.7. The summed E-state index contributed by atoms with van der Waals surface area (Å²) in [5.74, 6) is 0. The van der Waals surface area contributed by atoms with E-state index in [4.69, 9.17) is 0 Å². The van der Waals surface area contributed by atoms with Gasteiger partial charge in [0, 0.05) is 10.8 Å². The molecule has 10 aromatic carbocycles. The Balaban J connectivity index is 1.13. The molecule has 3 aliphatic carbocycles. The molecule has 282 valence electrons. The fourth-order valence-electron chi connectivity index (χ4n) is 12.0. The van der Waals surface area contributed by atoms with Gasteiger partial charge in [0.25, 0.3) is 0 Å². The number of fused-ring (bicyclic) bond motifs is 12. The summed E-state index contributed by atoms with van der Waals surface area (Å²) in [6.07, 6.45) is 2.06. The fourth-order valence-corrected chi connectivity index (χ4v) is 12.0. The molecule has 0 nitrogen and oxygen atoms in total. The van der Waals surface area contributed by atoms with Crippen LogP contribution in [0.25, 0.3) is 88.0 Å². The molecule has 60 heavy (non-hydrogen) atoms. The zero-order chi connectivity index (χ0) is 39.7. The zero-order valence-electron chi connectivity index (χ0n) is 33.9. The highest BCUT2D eigenvalue weighted by Gasteiger charge is 2.47. The second-order valence-electron chi connectivity index (χ2n) is 18.0. The van der Waals surface area contributed by atoms with E-state index in [0.717, 1.165) is 12.8 Å². The Kier molecular flexibility index (Phi) is 6.93. The van der Waals surface area contributed by atoms with Crippen LogP contribution in [0.5, 0.6) is 0 Å². The van der Waals surface area contributed by atoms with Crippen LogP contribution in [0.1, 0.15) is 47.2 Å². The van der Waals surface area contributed by atoms with Crippen molar-refractivity contribution in [2.24, 2.45) is 0 Å². The predicted octanol–water partition coefficient (Wildman–Crippen LogP) is 15.5. The lowest BCUT2D eigenvalue weighted by atomic mass is 9.74. The number of hydrogen-bond donors (Lipinski definition) is 0. The maximum absolute atomic E-state index is 2.58. The van der Waals surface area contributed by atoms with Gasteiger partial charge in [-0.2, -0.15) is 0 Å². The standard InChI is InChI=1S/C60H42/c1-59(2)52-26-11-10-23-49(52)58-50(25-14-28-54(58)59)57-47-22-8-7-21-46(47)56(48-32-29-38(33-51(48)57)43-24-13-18-37-15-5-6-19-42(37)43)39-30-31-45-44-20-9-12-27-53(44)60(55(45)34-39)35-40-16-3-4-17-41(40)36-60/h3-34H,35-36H2,1-2H3. The SMILES string of the molecule is CC1(C)c2ccccc2-c2c(-c3c4ccccc4c(-c4ccc5c(c4)C4(Cc6ccccc6C4)c4ccccc4-5)c4ccc(-c5cccc6ccccc56)cc34)cccc21. The summed E-state index contributed by atoms with van der Waals surface area (Å²) in [4.78, 5) is 0. The summed E-state index contributed by atoms with van der Waals surface area (Å²) in [5.41, 5.74) is 21.7. The van der Waals surface area contributed by atoms with Crippen LogP contribution in [0, 0.1) is 0 Å². The van der Waals surface area contributed by atoms with E-state index < -0.39 is 0 Å². The lowest BCUT2D eigenvalue weighted by Gasteiger charge is -2.27. The lowest BCUT2D eigenvalue weighted by molar-refractivity contribution is 0.564. The van der Waals surface area contributed by atoms with Crippen molar-refractivity contribution >= 4 is 32.3 Å². The highest BCUT2D eigenvalue weighted by molar-refractivity contribution is 6.23. The van der Waals surface area contributed by atoms with Crippen LogP contribution in [-0.4, -0.2) is 0 Å². The molecule has 0 aromatic heterocycles. The minimum Gasteiger partial charge on any atom is -0.0620 e. The van der Waals surface area contributed by atoms with Gasteiger partial charge in [-0.05, 0) is 146 Å². The van der Waals surface area contributed by atoms with E-state index in [2.05, 4.69) is 208 Å². The minimum atomic E-state index is -0.0978. The molecule has 0 N–H and O–H groups in total. The van der Waals surface area contributed by atoms with Gasteiger partial charge in [0.05, 0.1) is 0 Å². The summed E-state index contributed by atoms with van der Waals surface area (Å²) >= 11 is 0. The molecule has 13 rings (SSSR count). The summed E-state index contributed by atoms with van der Waals surface area (Å²) in [7, 11) is 0. The third kappa shape index (κ3) is 4.51. The Morgan fingerprint density at radius 2 is 0.867 bits per heavy atom. The van der Waals surface area contributed by atoms with Crippen molar-refractivity contribution in [3.63, 3.8) is 0 Å². The first-order valence-electron chi connectivity index (χ1n) is 21.5. The Hall–Kier alpha value is -7.02. The summed E-state index contributed by atoms with van der Waals surface area (Å²) in [6.45, 7) is 4.78. The minimum absolute atomic E-state index is 0.0799. The average Bonchev–Trinajstić information content (AvgIpc) is 3.90. The van der Waals surface area contributed by atoms with Crippen molar-refractivity contribution in [2.45, 2.75) is 37.5 Å². The van der Waals surface area contributed by atoms with E-state index in [-0.39, 0.29) is 10.8 Å². The van der Waals surface area contributed by atoms with Crippen LogP contribution in [0.4, 0.5) is 0 Å². The van der Waals surface area contributed by atoms with Crippen LogP contribution in [-0.2, 0) is 23.7 Å². The van der Waals surface area contributed by atoms with Crippen LogP contribution < -0.4 is 0 Å². The van der Waals surface area contributed by atoms with Crippen molar-refractivity contribution in [3.05, 3.63) is 228 Å². The fraction of sp³-hybridized carbons (Fsp3) is 0.100. The molecule has 0 bridgehead atoms. The van der Waals surface area contributed by atoms with E-state index in [9.17, 15) is 0 Å². The molecule has 0 radical (unpaired) electrons. The zero-order valence-corrected chi connectivity index (χ0v) is 33.9. The molecular weight excluding hydrogens is 721 g/mol. The molecule has 0 amide bonds. The van der Waals surface area contributed by atoms with Gasteiger partial charge < -0.3 is 0 Å². The maximum atomic E-state index is 2.58. The van der Waals surface area contributed by atoms with Crippen molar-refractivity contribution in [1.82, 2.24) is 0 Å². The van der Waals surface area contributed by atoms with Crippen molar-refractivity contribution in [1.29, 1.82) is 0 Å². The van der Waals surface area contributed by atoms with Crippen molar-refractivity contribution < 1.29 is 0 Å². The van der Waals surface area contributed by atoms with Crippen LogP contribution in [0.3, 0.4) is 0 Å². The Bertz CT molecular complexity index is 3440. The van der Waals surface area contributed by atoms with Gasteiger partial charge in [0.1, 0.15) is 0 Å². The average molecular weight is 763 g/mol. The van der Waals surface area contributed by atoms with Gasteiger partial charge in [0.15, 0.2) is 0 Å². The van der Waals surface area contributed by atoms with E-state index >= 15 is 0 Å². The largest absolute Gasteiger partial charge is 0.0620 e. The molecule has 0 unspecified atom stereocenters. The molecule has 10 aromatic rings. The van der Waals surface area contributed by atoms with Gasteiger partial charge in [-0.1, -0.05) is 196 Å². The quantitative estimate of drug-likeness (QED) is 0.157. The van der Waals surface area contributed by atoms with E-state index in [1.807, 2.05) is 0 Å². The first kappa shape index (κ1) is 33.9.